The Morgan fingerprint density at radius 3 is 3.00 bits per heavy atom. The zero-order valence-electron chi connectivity index (χ0n) is 8.19. The number of sulfonamides is 1. The molecule has 0 saturated heterocycles. The first-order valence-electron chi connectivity index (χ1n) is 4.51. The lowest BCUT2D eigenvalue weighted by Crippen LogP contribution is -2.19. The first kappa shape index (κ1) is 11.4. The molecule has 2 rings (SSSR count). The van der Waals surface area contributed by atoms with Crippen LogP contribution in [0.5, 0.6) is 0 Å². The summed E-state index contributed by atoms with van der Waals surface area (Å²) in [7, 11) is -3.55. The Hall–Kier alpha value is -0.0800. The molecule has 0 radical (unpaired) electrons. The largest absolute Gasteiger partial charge is 0.309 e. The smallest absolute Gasteiger partial charge is 0.247 e. The normalized spacial score (nSPS) is 22.1. The van der Waals surface area contributed by atoms with Crippen molar-refractivity contribution in [2.45, 2.75) is 21.4 Å². The number of fused-ring (bicyclic) bond motifs is 1. The molecule has 1 aliphatic heterocycles. The Kier molecular flexibility index (Phi) is 3.09. The SMILES string of the molecule is C[C@H]1NCCSc2sc(S(N)(=O)=O)cc21. The highest BCUT2D eigenvalue weighted by Gasteiger charge is 2.22. The van der Waals surface area contributed by atoms with Gasteiger partial charge in [-0.1, -0.05) is 0 Å². The topological polar surface area (TPSA) is 72.2 Å². The number of nitrogens with two attached hydrogens (primary N) is 1. The van der Waals surface area contributed by atoms with Crippen LogP contribution in [0.2, 0.25) is 0 Å². The molecule has 1 aliphatic rings. The second kappa shape index (κ2) is 4.06. The highest BCUT2D eigenvalue weighted by molar-refractivity contribution is 8.01. The van der Waals surface area contributed by atoms with Gasteiger partial charge >= 0.3 is 0 Å². The van der Waals surface area contributed by atoms with Crippen molar-refractivity contribution >= 4 is 33.1 Å². The Balaban J connectivity index is 2.47. The monoisotopic (exact) mass is 264 g/mol. The van der Waals surface area contributed by atoms with Crippen LogP contribution >= 0.6 is 23.1 Å². The van der Waals surface area contributed by atoms with Crippen LogP contribution < -0.4 is 10.5 Å². The molecule has 0 amide bonds. The Bertz CT molecular complexity index is 466. The lowest BCUT2D eigenvalue weighted by atomic mass is 10.2. The first-order chi connectivity index (χ1) is 6.98. The van der Waals surface area contributed by atoms with E-state index in [1.54, 1.807) is 17.8 Å². The lowest BCUT2D eigenvalue weighted by Gasteiger charge is -2.08. The van der Waals surface area contributed by atoms with Crippen LogP contribution in [0.3, 0.4) is 0 Å². The average Bonchev–Trinajstić information content (AvgIpc) is 2.49. The number of nitrogens with one attached hydrogen (secondary N) is 1. The summed E-state index contributed by atoms with van der Waals surface area (Å²) in [6.45, 7) is 2.97. The third-order valence-electron chi connectivity index (χ3n) is 2.24. The van der Waals surface area contributed by atoms with E-state index in [0.29, 0.717) is 0 Å². The summed E-state index contributed by atoms with van der Waals surface area (Å²) in [4.78, 5) is 0. The van der Waals surface area contributed by atoms with Crippen molar-refractivity contribution in [3.8, 4) is 0 Å². The zero-order valence-corrected chi connectivity index (χ0v) is 10.6. The summed E-state index contributed by atoms with van der Waals surface area (Å²) in [5.74, 6) is 0.960. The fourth-order valence-corrected chi connectivity index (χ4v) is 4.90. The molecular weight excluding hydrogens is 252 g/mol. The van der Waals surface area contributed by atoms with E-state index < -0.39 is 10.0 Å². The molecule has 0 aliphatic carbocycles. The van der Waals surface area contributed by atoms with Gasteiger partial charge in [0.05, 0.1) is 4.21 Å². The number of thioether (sulfide) groups is 1. The number of thiophene rings is 1. The standard InChI is InChI=1S/C8H12N2O2S3/c1-5-6-4-7(15(9,11)12)14-8(6)13-3-2-10-5/h4-5,10H,2-3H2,1H3,(H2,9,11,12)/t5-/m1/s1. The lowest BCUT2D eigenvalue weighted by molar-refractivity contribution is 0.596. The van der Waals surface area contributed by atoms with Gasteiger partial charge in [-0.2, -0.15) is 0 Å². The van der Waals surface area contributed by atoms with Gasteiger partial charge in [0, 0.05) is 18.3 Å². The third kappa shape index (κ3) is 2.36. The molecule has 84 valence electrons. The van der Waals surface area contributed by atoms with Crippen molar-refractivity contribution in [2.75, 3.05) is 12.3 Å². The van der Waals surface area contributed by atoms with E-state index in [-0.39, 0.29) is 10.3 Å². The summed E-state index contributed by atoms with van der Waals surface area (Å²) >= 11 is 2.96. The van der Waals surface area contributed by atoms with Crippen molar-refractivity contribution in [1.82, 2.24) is 5.32 Å². The molecule has 15 heavy (non-hydrogen) atoms. The minimum absolute atomic E-state index is 0.196. The van der Waals surface area contributed by atoms with E-state index in [1.165, 1.54) is 11.3 Å². The molecule has 0 spiro atoms. The quantitative estimate of drug-likeness (QED) is 0.798. The zero-order chi connectivity index (χ0) is 11.1. The van der Waals surface area contributed by atoms with Crippen molar-refractivity contribution < 1.29 is 8.42 Å². The third-order valence-corrected chi connectivity index (χ3v) is 6.11. The predicted octanol–water partition coefficient (Wildman–Crippen LogP) is 1.15. The minimum atomic E-state index is -3.55. The highest BCUT2D eigenvalue weighted by atomic mass is 32.3. The summed E-state index contributed by atoms with van der Waals surface area (Å²) in [5.41, 5.74) is 1.05. The van der Waals surface area contributed by atoms with E-state index in [0.717, 1.165) is 22.1 Å². The van der Waals surface area contributed by atoms with Gasteiger partial charge in [0.2, 0.25) is 10.0 Å². The maximum absolute atomic E-state index is 11.2. The molecule has 0 aromatic carbocycles. The van der Waals surface area contributed by atoms with Crippen LogP contribution in [-0.2, 0) is 10.0 Å². The summed E-state index contributed by atoms with van der Waals surface area (Å²) in [5, 5.41) is 8.42. The maximum atomic E-state index is 11.2. The molecular formula is C8H12N2O2S3. The van der Waals surface area contributed by atoms with Gasteiger partial charge in [-0.3, -0.25) is 0 Å². The van der Waals surface area contributed by atoms with Crippen LogP contribution in [0, 0.1) is 0 Å². The van der Waals surface area contributed by atoms with Crippen molar-refractivity contribution in [3.63, 3.8) is 0 Å². The number of hydrogen-bond donors (Lipinski definition) is 2. The molecule has 0 saturated carbocycles. The van der Waals surface area contributed by atoms with Gasteiger partial charge in [0.1, 0.15) is 4.21 Å². The van der Waals surface area contributed by atoms with E-state index in [1.807, 2.05) is 6.92 Å². The van der Waals surface area contributed by atoms with Crippen molar-refractivity contribution in [1.29, 1.82) is 0 Å². The molecule has 3 N–H and O–H groups in total. The molecule has 2 heterocycles. The van der Waals surface area contributed by atoms with Gasteiger partial charge in [-0.05, 0) is 18.6 Å². The van der Waals surface area contributed by atoms with Crippen LogP contribution in [-0.4, -0.2) is 20.7 Å². The average molecular weight is 264 g/mol. The number of hydrogen-bond acceptors (Lipinski definition) is 5. The van der Waals surface area contributed by atoms with Gasteiger partial charge in [0.25, 0.3) is 0 Å². The van der Waals surface area contributed by atoms with Crippen LogP contribution in [0.25, 0.3) is 0 Å². The number of primary sulfonamides is 1. The second-order valence-corrected chi connectivity index (χ2v) is 7.58. The molecule has 0 bridgehead atoms. The van der Waals surface area contributed by atoms with Crippen LogP contribution in [0.1, 0.15) is 18.5 Å². The number of rotatable bonds is 1. The highest BCUT2D eigenvalue weighted by Crippen LogP contribution is 2.38. The Morgan fingerprint density at radius 1 is 1.60 bits per heavy atom. The van der Waals surface area contributed by atoms with E-state index in [4.69, 9.17) is 5.14 Å². The molecule has 4 nitrogen and oxygen atoms in total. The van der Waals surface area contributed by atoms with Gasteiger partial charge in [-0.25, -0.2) is 13.6 Å². The molecule has 1 atom stereocenters. The maximum Gasteiger partial charge on any atom is 0.247 e. The van der Waals surface area contributed by atoms with Gasteiger partial charge in [0.15, 0.2) is 0 Å². The molecule has 0 fully saturated rings. The van der Waals surface area contributed by atoms with Crippen molar-refractivity contribution in [2.24, 2.45) is 5.14 Å². The minimum Gasteiger partial charge on any atom is -0.309 e. The van der Waals surface area contributed by atoms with Gasteiger partial charge in [-0.15, -0.1) is 23.1 Å². The fraction of sp³-hybridized carbons (Fsp3) is 0.500. The summed E-state index contributed by atoms with van der Waals surface area (Å²) < 4.78 is 23.7. The van der Waals surface area contributed by atoms with Crippen LogP contribution in [0.15, 0.2) is 14.5 Å². The molecule has 0 unspecified atom stereocenters. The Labute approximate surface area is 97.3 Å². The van der Waals surface area contributed by atoms with Crippen LogP contribution in [0.4, 0.5) is 0 Å². The summed E-state index contributed by atoms with van der Waals surface area (Å²) in [6, 6.07) is 1.88. The molecule has 1 aromatic rings. The van der Waals surface area contributed by atoms with Gasteiger partial charge < -0.3 is 5.32 Å². The molecule has 1 aromatic heterocycles. The van der Waals surface area contributed by atoms with E-state index >= 15 is 0 Å². The van der Waals surface area contributed by atoms with E-state index in [2.05, 4.69) is 5.32 Å². The first-order valence-corrected chi connectivity index (χ1v) is 7.86. The summed E-state index contributed by atoms with van der Waals surface area (Å²) in [6.07, 6.45) is 0. The predicted molar refractivity (Wildman–Crippen MR) is 62.8 cm³/mol. The Morgan fingerprint density at radius 2 is 2.33 bits per heavy atom. The van der Waals surface area contributed by atoms with E-state index in [9.17, 15) is 8.42 Å². The second-order valence-electron chi connectivity index (χ2n) is 3.38. The van der Waals surface area contributed by atoms with Crippen molar-refractivity contribution in [3.05, 3.63) is 11.6 Å². The fourth-order valence-electron chi connectivity index (χ4n) is 1.45. The molecule has 7 heteroatoms.